The maximum Gasteiger partial charge on any atom is 0.410 e. The summed E-state index contributed by atoms with van der Waals surface area (Å²) in [5.41, 5.74) is -0.453. The number of nitrogens with zero attached hydrogens (tertiary/aromatic N) is 3. The molecule has 0 radical (unpaired) electrons. The molecule has 0 aromatic carbocycles. The van der Waals surface area contributed by atoms with E-state index in [-0.39, 0.29) is 11.4 Å². The van der Waals surface area contributed by atoms with E-state index in [2.05, 4.69) is 15.3 Å². The molecule has 0 aliphatic carbocycles. The van der Waals surface area contributed by atoms with Gasteiger partial charge in [-0.2, -0.15) is 0 Å². The van der Waals surface area contributed by atoms with E-state index in [0.29, 0.717) is 18.3 Å². The number of ether oxygens (including phenoxy) is 1. The van der Waals surface area contributed by atoms with E-state index < -0.39 is 5.60 Å². The van der Waals surface area contributed by atoms with Crippen molar-refractivity contribution < 1.29 is 9.53 Å². The van der Waals surface area contributed by atoms with Gasteiger partial charge in [0.2, 0.25) is 5.28 Å². The van der Waals surface area contributed by atoms with Crippen LogP contribution in [0, 0.1) is 5.92 Å². The Morgan fingerprint density at radius 3 is 3.00 bits per heavy atom. The summed E-state index contributed by atoms with van der Waals surface area (Å²) in [7, 11) is 0. The number of halogens is 1. The van der Waals surface area contributed by atoms with Crippen LogP contribution in [0.5, 0.6) is 0 Å². The Bertz CT molecular complexity index is 504. The molecule has 1 saturated heterocycles. The van der Waals surface area contributed by atoms with Gasteiger partial charge in [0.15, 0.2) is 0 Å². The molecule has 1 atom stereocenters. The molecule has 1 aliphatic rings. The lowest BCUT2D eigenvalue weighted by Gasteiger charge is -2.24. The molecular weight excluding hydrogens is 292 g/mol. The first-order valence-corrected chi connectivity index (χ1v) is 7.41. The molecule has 0 saturated carbocycles. The first-order valence-electron chi connectivity index (χ1n) is 7.04. The van der Waals surface area contributed by atoms with Gasteiger partial charge in [0.1, 0.15) is 11.4 Å². The van der Waals surface area contributed by atoms with E-state index in [4.69, 9.17) is 16.3 Å². The van der Waals surface area contributed by atoms with E-state index in [1.165, 1.54) is 0 Å². The Morgan fingerprint density at radius 2 is 2.33 bits per heavy atom. The van der Waals surface area contributed by atoms with Crippen LogP contribution in [-0.4, -0.2) is 46.2 Å². The number of hydrogen-bond acceptors (Lipinski definition) is 5. The minimum Gasteiger partial charge on any atom is -0.444 e. The lowest BCUT2D eigenvalue weighted by Crippen LogP contribution is -2.35. The van der Waals surface area contributed by atoms with Crippen LogP contribution in [0.3, 0.4) is 0 Å². The van der Waals surface area contributed by atoms with Gasteiger partial charge in [-0.1, -0.05) is 0 Å². The van der Waals surface area contributed by atoms with Gasteiger partial charge >= 0.3 is 6.09 Å². The number of likely N-dealkylation sites (tertiary alicyclic amines) is 1. The average Bonchev–Trinajstić information content (AvgIpc) is 2.83. The number of carbonyl (C=O) groups is 1. The van der Waals surface area contributed by atoms with Crippen molar-refractivity contribution in [2.24, 2.45) is 5.92 Å². The highest BCUT2D eigenvalue weighted by Gasteiger charge is 2.29. The van der Waals surface area contributed by atoms with Gasteiger partial charge in [0.25, 0.3) is 0 Å². The van der Waals surface area contributed by atoms with Crippen LogP contribution in [0.15, 0.2) is 12.3 Å². The molecule has 0 bridgehead atoms. The first kappa shape index (κ1) is 15.8. The predicted octanol–water partition coefficient (Wildman–Crippen LogP) is 2.80. The third-order valence-corrected chi connectivity index (χ3v) is 3.32. The largest absolute Gasteiger partial charge is 0.444 e. The summed E-state index contributed by atoms with van der Waals surface area (Å²) in [6.45, 7) is 7.79. The predicted molar refractivity (Wildman–Crippen MR) is 81.4 cm³/mol. The molecule has 0 spiro atoms. The second kappa shape index (κ2) is 6.47. The zero-order valence-corrected chi connectivity index (χ0v) is 13.4. The Balaban J connectivity index is 1.79. The molecule has 6 nitrogen and oxygen atoms in total. The van der Waals surface area contributed by atoms with E-state index in [1.807, 2.05) is 20.8 Å². The zero-order valence-electron chi connectivity index (χ0n) is 12.6. The SMILES string of the molecule is CC(C)(C)OC(=O)N1CC[C@@H](CNc2ccnc(Cl)n2)C1. The molecule has 21 heavy (non-hydrogen) atoms. The molecule has 2 heterocycles. The summed E-state index contributed by atoms with van der Waals surface area (Å²) in [6, 6.07) is 1.77. The van der Waals surface area contributed by atoms with Crippen LogP contribution in [0.4, 0.5) is 10.6 Å². The normalized spacial score (nSPS) is 18.7. The fraction of sp³-hybridized carbons (Fsp3) is 0.643. The van der Waals surface area contributed by atoms with Crippen LogP contribution in [0.1, 0.15) is 27.2 Å². The fourth-order valence-electron chi connectivity index (χ4n) is 2.17. The van der Waals surface area contributed by atoms with Crippen molar-refractivity contribution in [3.63, 3.8) is 0 Å². The third-order valence-electron chi connectivity index (χ3n) is 3.14. The number of anilines is 1. The van der Waals surface area contributed by atoms with Crippen molar-refractivity contribution in [1.29, 1.82) is 0 Å². The van der Waals surface area contributed by atoms with Crippen molar-refractivity contribution in [1.82, 2.24) is 14.9 Å². The Morgan fingerprint density at radius 1 is 1.57 bits per heavy atom. The van der Waals surface area contributed by atoms with Crippen molar-refractivity contribution in [2.75, 3.05) is 25.0 Å². The first-order chi connectivity index (χ1) is 9.83. The minimum atomic E-state index is -0.453. The van der Waals surface area contributed by atoms with Gasteiger partial charge in [-0.25, -0.2) is 14.8 Å². The molecule has 1 aliphatic heterocycles. The van der Waals surface area contributed by atoms with Gasteiger partial charge in [-0.15, -0.1) is 0 Å². The highest BCUT2D eigenvalue weighted by atomic mass is 35.5. The van der Waals surface area contributed by atoms with Crippen molar-refractivity contribution >= 4 is 23.5 Å². The van der Waals surface area contributed by atoms with Crippen molar-refractivity contribution in [2.45, 2.75) is 32.8 Å². The molecule has 2 rings (SSSR count). The summed E-state index contributed by atoms with van der Waals surface area (Å²) in [6.07, 6.45) is 2.32. The number of hydrogen-bond donors (Lipinski definition) is 1. The van der Waals surface area contributed by atoms with Crippen LogP contribution < -0.4 is 5.32 Å². The Kier molecular flexibility index (Phi) is 4.88. The average molecular weight is 313 g/mol. The lowest BCUT2D eigenvalue weighted by atomic mass is 10.1. The van der Waals surface area contributed by atoms with Gasteiger partial charge in [-0.3, -0.25) is 0 Å². The lowest BCUT2D eigenvalue weighted by molar-refractivity contribution is 0.0289. The highest BCUT2D eigenvalue weighted by molar-refractivity contribution is 6.28. The van der Waals surface area contributed by atoms with Gasteiger partial charge in [-0.05, 0) is 50.8 Å². The van der Waals surface area contributed by atoms with Gasteiger partial charge < -0.3 is 15.0 Å². The van der Waals surface area contributed by atoms with Crippen molar-refractivity contribution in [3.8, 4) is 0 Å². The molecule has 1 aromatic rings. The van der Waals surface area contributed by atoms with E-state index in [9.17, 15) is 4.79 Å². The Labute approximate surface area is 129 Å². The number of nitrogens with one attached hydrogen (secondary N) is 1. The van der Waals surface area contributed by atoms with E-state index >= 15 is 0 Å². The second-order valence-corrected chi connectivity index (χ2v) is 6.51. The number of carbonyl (C=O) groups excluding carboxylic acids is 1. The van der Waals surface area contributed by atoms with Crippen molar-refractivity contribution in [3.05, 3.63) is 17.5 Å². The summed E-state index contributed by atoms with van der Waals surface area (Å²) in [5.74, 6) is 1.08. The van der Waals surface area contributed by atoms with Crippen LogP contribution in [-0.2, 0) is 4.74 Å². The van der Waals surface area contributed by atoms with Gasteiger partial charge in [0.05, 0.1) is 0 Å². The highest BCUT2D eigenvalue weighted by Crippen LogP contribution is 2.20. The summed E-state index contributed by atoms with van der Waals surface area (Å²) >= 11 is 5.73. The molecule has 1 N–H and O–H groups in total. The zero-order chi connectivity index (χ0) is 15.5. The van der Waals surface area contributed by atoms with Crippen LogP contribution >= 0.6 is 11.6 Å². The number of aromatic nitrogens is 2. The molecule has 116 valence electrons. The molecule has 1 aromatic heterocycles. The van der Waals surface area contributed by atoms with Gasteiger partial charge in [0, 0.05) is 25.8 Å². The molecule has 0 unspecified atom stereocenters. The number of rotatable bonds is 3. The molecule has 1 amide bonds. The molecule has 7 heteroatoms. The van der Waals surface area contributed by atoms with E-state index in [1.54, 1.807) is 17.2 Å². The maximum absolute atomic E-state index is 12.0. The van der Waals surface area contributed by atoms with E-state index in [0.717, 1.165) is 19.5 Å². The second-order valence-electron chi connectivity index (χ2n) is 6.17. The monoisotopic (exact) mass is 312 g/mol. The quantitative estimate of drug-likeness (QED) is 0.869. The standard InChI is InChI=1S/C14H21ClN4O2/c1-14(2,3)21-13(20)19-7-5-10(9-19)8-17-11-4-6-16-12(15)18-11/h4,6,10H,5,7-9H2,1-3H3,(H,16,17,18)/t10-/m0/s1. The molecule has 1 fully saturated rings. The van der Waals surface area contributed by atoms with Crippen LogP contribution in [0.2, 0.25) is 5.28 Å². The summed E-state index contributed by atoms with van der Waals surface area (Å²) < 4.78 is 5.38. The summed E-state index contributed by atoms with van der Waals surface area (Å²) in [4.78, 5) is 21.6. The topological polar surface area (TPSA) is 67.3 Å². The maximum atomic E-state index is 12.0. The smallest absolute Gasteiger partial charge is 0.410 e. The Hall–Kier alpha value is -1.56. The summed E-state index contributed by atoms with van der Waals surface area (Å²) in [5, 5.41) is 3.44. The minimum absolute atomic E-state index is 0.224. The molecular formula is C14H21ClN4O2. The third kappa shape index (κ3) is 5.04. The fourth-order valence-corrected chi connectivity index (χ4v) is 2.32. The number of amides is 1. The van der Waals surface area contributed by atoms with Crippen LogP contribution in [0.25, 0.3) is 0 Å².